The van der Waals surface area contributed by atoms with Gasteiger partial charge in [0.25, 0.3) is 5.91 Å². The lowest BCUT2D eigenvalue weighted by Crippen LogP contribution is -2.51. The Hall–Kier alpha value is -0.650. The van der Waals surface area contributed by atoms with E-state index in [1.54, 1.807) is 0 Å². The first-order valence-corrected chi connectivity index (χ1v) is 8.44. The fourth-order valence-electron chi connectivity index (χ4n) is 3.32. The fraction of sp³-hybridized carbons (Fsp3) is 0.938. The number of hydrogen-bond donors (Lipinski definition) is 0. The molecule has 0 saturated carbocycles. The lowest BCUT2D eigenvalue weighted by molar-refractivity contribution is -0.145. The van der Waals surface area contributed by atoms with Gasteiger partial charge < -0.3 is 14.4 Å². The van der Waals surface area contributed by atoms with E-state index in [0.29, 0.717) is 25.9 Å². The Morgan fingerprint density at radius 1 is 1.19 bits per heavy atom. The summed E-state index contributed by atoms with van der Waals surface area (Å²) in [7, 11) is 0. The molecule has 1 amide bonds. The number of ether oxygens (including phenoxy) is 2. The highest BCUT2D eigenvalue weighted by Crippen LogP contribution is 2.21. The highest BCUT2D eigenvalue weighted by Gasteiger charge is 2.31. The summed E-state index contributed by atoms with van der Waals surface area (Å²) in [5.41, 5.74) is 0. The van der Waals surface area contributed by atoms with E-state index in [1.165, 1.54) is 32.4 Å². The summed E-state index contributed by atoms with van der Waals surface area (Å²) >= 11 is 0. The zero-order chi connectivity index (χ0) is 15.1. The zero-order valence-electron chi connectivity index (χ0n) is 13.6. The molecular formula is C16H30N2O3. The summed E-state index contributed by atoms with van der Waals surface area (Å²) < 4.78 is 10.8. The molecule has 2 aliphatic rings. The van der Waals surface area contributed by atoms with Crippen LogP contribution < -0.4 is 0 Å². The maximum atomic E-state index is 12.5. The third-order valence-corrected chi connectivity index (χ3v) is 4.51. The lowest BCUT2D eigenvalue weighted by atomic mass is 10.0. The number of carbonyl (C=O) groups excluding carboxylic acids is 1. The summed E-state index contributed by atoms with van der Waals surface area (Å²) in [5, 5.41) is 0. The maximum Gasteiger partial charge on any atom is 0.251 e. The molecule has 0 aromatic heterocycles. The van der Waals surface area contributed by atoms with Gasteiger partial charge in [-0.3, -0.25) is 9.69 Å². The van der Waals surface area contributed by atoms with Crippen LogP contribution in [0.4, 0.5) is 0 Å². The molecule has 0 aromatic carbocycles. The molecule has 2 aliphatic heterocycles. The predicted molar refractivity (Wildman–Crippen MR) is 82.3 cm³/mol. The van der Waals surface area contributed by atoms with Crippen LogP contribution in [0.15, 0.2) is 0 Å². The number of hydrogen-bond acceptors (Lipinski definition) is 4. The van der Waals surface area contributed by atoms with Crippen LogP contribution >= 0.6 is 0 Å². The third-order valence-electron chi connectivity index (χ3n) is 4.51. The van der Waals surface area contributed by atoms with Gasteiger partial charge >= 0.3 is 0 Å². The van der Waals surface area contributed by atoms with Crippen molar-refractivity contribution in [1.29, 1.82) is 0 Å². The maximum absolute atomic E-state index is 12.5. The SMILES string of the molecule is CCOCCOC(C)C(=O)N1CCCC(N2CCCC2)C1. The molecule has 0 aromatic rings. The van der Waals surface area contributed by atoms with Crippen molar-refractivity contribution in [3.05, 3.63) is 0 Å². The van der Waals surface area contributed by atoms with Gasteiger partial charge in [-0.1, -0.05) is 0 Å². The van der Waals surface area contributed by atoms with Crippen molar-refractivity contribution in [2.45, 2.75) is 51.7 Å². The molecule has 0 spiro atoms. The molecule has 2 fully saturated rings. The van der Waals surface area contributed by atoms with Crippen LogP contribution in [0, 0.1) is 0 Å². The molecule has 21 heavy (non-hydrogen) atoms. The summed E-state index contributed by atoms with van der Waals surface area (Å²) in [6, 6.07) is 0.556. The second-order valence-corrected chi connectivity index (χ2v) is 6.03. The van der Waals surface area contributed by atoms with Gasteiger partial charge in [0, 0.05) is 25.7 Å². The van der Waals surface area contributed by atoms with Gasteiger partial charge in [-0.2, -0.15) is 0 Å². The van der Waals surface area contributed by atoms with Gasteiger partial charge in [-0.05, 0) is 52.6 Å². The number of likely N-dealkylation sites (tertiary alicyclic amines) is 2. The van der Waals surface area contributed by atoms with Gasteiger partial charge in [-0.25, -0.2) is 0 Å². The van der Waals surface area contributed by atoms with Gasteiger partial charge in [0.1, 0.15) is 6.10 Å². The monoisotopic (exact) mass is 298 g/mol. The Morgan fingerprint density at radius 2 is 1.95 bits per heavy atom. The highest BCUT2D eigenvalue weighted by molar-refractivity contribution is 5.80. The van der Waals surface area contributed by atoms with E-state index in [4.69, 9.17) is 9.47 Å². The Balaban J connectivity index is 1.75. The molecule has 0 radical (unpaired) electrons. The van der Waals surface area contributed by atoms with Gasteiger partial charge in [0.2, 0.25) is 0 Å². The largest absolute Gasteiger partial charge is 0.379 e. The molecule has 5 heteroatoms. The van der Waals surface area contributed by atoms with Crippen molar-refractivity contribution >= 4 is 5.91 Å². The van der Waals surface area contributed by atoms with Crippen LogP contribution in [0.1, 0.15) is 39.5 Å². The van der Waals surface area contributed by atoms with Crippen LogP contribution in [0.25, 0.3) is 0 Å². The van der Waals surface area contributed by atoms with E-state index < -0.39 is 0 Å². The van der Waals surface area contributed by atoms with E-state index in [1.807, 2.05) is 18.7 Å². The summed E-state index contributed by atoms with van der Waals surface area (Å²) in [4.78, 5) is 17.0. The second-order valence-electron chi connectivity index (χ2n) is 6.03. The normalized spacial score (nSPS) is 25.2. The van der Waals surface area contributed by atoms with Crippen molar-refractivity contribution in [2.24, 2.45) is 0 Å². The van der Waals surface area contributed by atoms with Crippen LogP contribution in [-0.4, -0.2) is 73.9 Å². The molecule has 2 saturated heterocycles. The van der Waals surface area contributed by atoms with Crippen molar-refractivity contribution in [3.63, 3.8) is 0 Å². The van der Waals surface area contributed by atoms with Gasteiger partial charge in [0.15, 0.2) is 0 Å². The first-order chi connectivity index (χ1) is 10.2. The molecule has 2 unspecified atom stereocenters. The minimum atomic E-state index is -0.359. The van der Waals surface area contributed by atoms with Gasteiger partial charge in [-0.15, -0.1) is 0 Å². The molecule has 122 valence electrons. The van der Waals surface area contributed by atoms with Crippen LogP contribution in [-0.2, 0) is 14.3 Å². The van der Waals surface area contributed by atoms with Crippen molar-refractivity contribution in [1.82, 2.24) is 9.80 Å². The molecular weight excluding hydrogens is 268 g/mol. The first-order valence-electron chi connectivity index (χ1n) is 8.44. The van der Waals surface area contributed by atoms with Crippen LogP contribution in [0.3, 0.4) is 0 Å². The van der Waals surface area contributed by atoms with E-state index in [9.17, 15) is 4.79 Å². The smallest absolute Gasteiger partial charge is 0.251 e. The van der Waals surface area contributed by atoms with Crippen molar-refractivity contribution in [3.8, 4) is 0 Å². The average Bonchev–Trinajstić information content (AvgIpc) is 3.05. The predicted octanol–water partition coefficient (Wildman–Crippen LogP) is 1.51. The Morgan fingerprint density at radius 3 is 2.67 bits per heavy atom. The minimum Gasteiger partial charge on any atom is -0.379 e. The molecule has 0 bridgehead atoms. The van der Waals surface area contributed by atoms with Crippen LogP contribution in [0.2, 0.25) is 0 Å². The van der Waals surface area contributed by atoms with Gasteiger partial charge in [0.05, 0.1) is 13.2 Å². The van der Waals surface area contributed by atoms with E-state index in [0.717, 1.165) is 19.5 Å². The summed E-state index contributed by atoms with van der Waals surface area (Å²) in [5.74, 6) is 0.135. The fourth-order valence-corrected chi connectivity index (χ4v) is 3.32. The average molecular weight is 298 g/mol. The molecule has 2 rings (SSSR count). The molecule has 0 N–H and O–H groups in total. The molecule has 5 nitrogen and oxygen atoms in total. The van der Waals surface area contributed by atoms with Crippen molar-refractivity contribution in [2.75, 3.05) is 46.0 Å². The summed E-state index contributed by atoms with van der Waals surface area (Å²) in [6.45, 7) is 9.71. The first kappa shape index (κ1) is 16.7. The van der Waals surface area contributed by atoms with Crippen LogP contribution in [0.5, 0.6) is 0 Å². The highest BCUT2D eigenvalue weighted by atomic mass is 16.5. The summed E-state index contributed by atoms with van der Waals surface area (Å²) in [6.07, 6.45) is 4.59. The topological polar surface area (TPSA) is 42.0 Å². The molecule has 2 heterocycles. The Bertz CT molecular complexity index is 319. The molecule has 2 atom stereocenters. The van der Waals surface area contributed by atoms with Crippen molar-refractivity contribution < 1.29 is 14.3 Å². The number of rotatable bonds is 7. The number of amides is 1. The second kappa shape index (κ2) is 8.71. The van der Waals surface area contributed by atoms with E-state index in [-0.39, 0.29) is 12.0 Å². The number of carbonyl (C=O) groups is 1. The van der Waals surface area contributed by atoms with E-state index >= 15 is 0 Å². The Labute approximate surface area is 128 Å². The minimum absolute atomic E-state index is 0.135. The van der Waals surface area contributed by atoms with E-state index in [2.05, 4.69) is 4.90 Å². The number of piperidine rings is 1. The number of nitrogens with zero attached hydrogens (tertiary/aromatic N) is 2. The lowest BCUT2D eigenvalue weighted by Gasteiger charge is -2.38. The molecule has 0 aliphatic carbocycles. The third kappa shape index (κ3) is 4.94. The Kier molecular flexibility index (Phi) is 6.93. The quantitative estimate of drug-likeness (QED) is 0.668. The standard InChI is InChI=1S/C16H30N2O3/c1-3-20-11-12-21-14(2)16(19)18-10-6-7-15(13-18)17-8-4-5-9-17/h14-15H,3-13H2,1-2H3. The zero-order valence-corrected chi connectivity index (χ0v) is 13.6.